The monoisotopic (exact) mass is 352 g/mol. The summed E-state index contributed by atoms with van der Waals surface area (Å²) in [5.41, 5.74) is 0. The second-order valence-electron chi connectivity index (χ2n) is 7.32. The third kappa shape index (κ3) is 23.2. The van der Waals surface area contributed by atoms with Gasteiger partial charge in [0.1, 0.15) is 0 Å². The highest BCUT2D eigenvalue weighted by Crippen LogP contribution is 2.13. The maximum Gasteiger partial charge on any atom is 0.293 e. The maximum absolute atomic E-state index is 9.98. The van der Waals surface area contributed by atoms with Gasteiger partial charge in [-0.25, -0.2) is 0 Å². The van der Waals surface area contributed by atoms with Crippen molar-refractivity contribution in [1.29, 1.82) is 0 Å². The Bertz CT molecular complexity index is 273. The number of hydrogen-bond donors (Lipinski definition) is 0. The van der Waals surface area contributed by atoms with E-state index >= 15 is 0 Å². The predicted molar refractivity (Wildman–Crippen MR) is 110 cm³/mol. The van der Waals surface area contributed by atoms with Gasteiger partial charge in [-0.05, 0) is 32.1 Å². The molecule has 0 aliphatic rings. The lowest BCUT2D eigenvalue weighted by molar-refractivity contribution is -0.128. The lowest BCUT2D eigenvalue weighted by Gasteiger charge is -2.03. The Morgan fingerprint density at radius 1 is 0.560 bits per heavy atom. The molecule has 0 aromatic carbocycles. The van der Waals surface area contributed by atoms with Crippen LogP contribution in [0.15, 0.2) is 12.2 Å². The fraction of sp³-hybridized carbons (Fsp3) is 0.870. The first-order valence-corrected chi connectivity index (χ1v) is 11.1. The number of hydrogen-bond acceptors (Lipinski definition) is 2. The summed E-state index contributed by atoms with van der Waals surface area (Å²) < 4.78 is 4.69. The quantitative estimate of drug-likeness (QED) is 0.120. The molecule has 25 heavy (non-hydrogen) atoms. The minimum atomic E-state index is 0.548. The van der Waals surface area contributed by atoms with Gasteiger partial charge in [0.15, 0.2) is 0 Å². The number of carbonyl (C=O) groups excluding carboxylic acids is 1. The Balaban J connectivity index is 3.02. The number of rotatable bonds is 21. The molecule has 0 N–H and O–H groups in total. The second kappa shape index (κ2) is 23.2. The zero-order valence-electron chi connectivity index (χ0n) is 17.0. The highest BCUT2D eigenvalue weighted by atomic mass is 16.5. The maximum atomic E-state index is 9.98. The molecule has 0 aliphatic heterocycles. The molecule has 148 valence electrons. The highest BCUT2D eigenvalue weighted by molar-refractivity contribution is 5.36. The summed E-state index contributed by atoms with van der Waals surface area (Å²) in [6, 6.07) is 0. The zero-order valence-corrected chi connectivity index (χ0v) is 17.0. The van der Waals surface area contributed by atoms with Crippen molar-refractivity contribution in [2.45, 2.75) is 122 Å². The van der Waals surface area contributed by atoms with Crippen LogP contribution < -0.4 is 0 Å². The number of unbranched alkanes of at least 4 members (excludes halogenated alkanes) is 16. The van der Waals surface area contributed by atoms with E-state index < -0.39 is 0 Å². The van der Waals surface area contributed by atoms with Gasteiger partial charge < -0.3 is 4.74 Å². The molecular weight excluding hydrogens is 308 g/mol. The van der Waals surface area contributed by atoms with E-state index in [9.17, 15) is 4.79 Å². The van der Waals surface area contributed by atoms with Gasteiger partial charge in [0.05, 0.1) is 6.61 Å². The van der Waals surface area contributed by atoms with Crippen molar-refractivity contribution in [1.82, 2.24) is 0 Å². The van der Waals surface area contributed by atoms with Crippen LogP contribution in [0.2, 0.25) is 0 Å². The second-order valence-corrected chi connectivity index (χ2v) is 7.32. The van der Waals surface area contributed by atoms with Gasteiger partial charge >= 0.3 is 0 Å². The van der Waals surface area contributed by atoms with Crippen molar-refractivity contribution in [3.05, 3.63) is 12.2 Å². The molecule has 0 aromatic rings. The summed E-state index contributed by atoms with van der Waals surface area (Å²) in [7, 11) is 0. The van der Waals surface area contributed by atoms with Gasteiger partial charge in [-0.3, -0.25) is 4.79 Å². The fourth-order valence-corrected chi connectivity index (χ4v) is 3.19. The third-order valence-corrected chi connectivity index (χ3v) is 4.84. The fourth-order valence-electron chi connectivity index (χ4n) is 3.19. The number of carbonyl (C=O) groups is 1. The van der Waals surface area contributed by atoms with Crippen LogP contribution in [0.1, 0.15) is 122 Å². The standard InChI is InChI=1S/C23H44O2/c1-2-3-4-5-6-7-8-9-10-11-12-13-14-15-16-17-18-19-20-21-22-25-23-24/h7-8,23H,2-6,9-22H2,1H3. The molecule has 0 heterocycles. The molecule has 0 amide bonds. The minimum absolute atomic E-state index is 0.548. The van der Waals surface area contributed by atoms with Crippen molar-refractivity contribution < 1.29 is 9.53 Å². The Hall–Kier alpha value is -0.790. The molecule has 2 nitrogen and oxygen atoms in total. The highest BCUT2D eigenvalue weighted by Gasteiger charge is 1.94. The van der Waals surface area contributed by atoms with Crippen molar-refractivity contribution in [2.75, 3.05) is 6.61 Å². The first-order valence-electron chi connectivity index (χ1n) is 11.1. The summed E-state index contributed by atoms with van der Waals surface area (Å²) >= 11 is 0. The molecule has 0 fully saturated rings. The van der Waals surface area contributed by atoms with E-state index in [4.69, 9.17) is 0 Å². The summed E-state index contributed by atoms with van der Waals surface area (Å²) in [5.74, 6) is 0. The smallest absolute Gasteiger partial charge is 0.293 e. The van der Waals surface area contributed by atoms with Gasteiger partial charge in [-0.2, -0.15) is 0 Å². The van der Waals surface area contributed by atoms with Gasteiger partial charge in [0.2, 0.25) is 0 Å². The average molecular weight is 353 g/mol. The summed E-state index contributed by atoms with van der Waals surface area (Å²) in [5, 5.41) is 0. The van der Waals surface area contributed by atoms with E-state index in [1.54, 1.807) is 0 Å². The van der Waals surface area contributed by atoms with Gasteiger partial charge in [0, 0.05) is 0 Å². The van der Waals surface area contributed by atoms with E-state index in [1.165, 1.54) is 109 Å². The molecular formula is C23H44O2. The molecule has 0 atom stereocenters. The first kappa shape index (κ1) is 24.2. The first-order chi connectivity index (χ1) is 12.4. The van der Waals surface area contributed by atoms with Crippen molar-refractivity contribution in [3.8, 4) is 0 Å². The van der Waals surface area contributed by atoms with Crippen LogP contribution >= 0.6 is 0 Å². The summed E-state index contributed by atoms with van der Waals surface area (Å²) in [6.45, 7) is 3.41. The Labute approximate surface area is 157 Å². The van der Waals surface area contributed by atoms with Crippen molar-refractivity contribution in [2.24, 2.45) is 0 Å². The molecule has 0 aromatic heterocycles. The zero-order chi connectivity index (χ0) is 18.3. The average Bonchev–Trinajstić information content (AvgIpc) is 2.63. The van der Waals surface area contributed by atoms with Crippen LogP contribution in [-0.2, 0) is 9.53 Å². The molecule has 0 rings (SSSR count). The largest absolute Gasteiger partial charge is 0.468 e. The van der Waals surface area contributed by atoms with Crippen molar-refractivity contribution in [3.63, 3.8) is 0 Å². The molecule has 0 spiro atoms. The summed E-state index contributed by atoms with van der Waals surface area (Å²) in [6.07, 6.45) is 28.9. The number of ether oxygens (including phenoxy) is 1. The van der Waals surface area contributed by atoms with E-state index in [0.29, 0.717) is 13.1 Å². The van der Waals surface area contributed by atoms with Gasteiger partial charge in [-0.15, -0.1) is 0 Å². The van der Waals surface area contributed by atoms with Gasteiger partial charge in [0.25, 0.3) is 6.47 Å². The van der Waals surface area contributed by atoms with E-state index in [-0.39, 0.29) is 0 Å². The van der Waals surface area contributed by atoms with Crippen LogP contribution in [-0.4, -0.2) is 13.1 Å². The summed E-state index contributed by atoms with van der Waals surface area (Å²) in [4.78, 5) is 9.98. The molecule has 2 heteroatoms. The third-order valence-electron chi connectivity index (χ3n) is 4.84. The lowest BCUT2D eigenvalue weighted by atomic mass is 10.0. The Kier molecular flexibility index (Phi) is 22.5. The van der Waals surface area contributed by atoms with E-state index in [1.807, 2.05) is 0 Å². The molecule has 0 saturated heterocycles. The molecule has 0 saturated carbocycles. The molecule has 0 bridgehead atoms. The Morgan fingerprint density at radius 3 is 1.40 bits per heavy atom. The van der Waals surface area contributed by atoms with Crippen LogP contribution in [0.5, 0.6) is 0 Å². The minimum Gasteiger partial charge on any atom is -0.468 e. The normalized spacial score (nSPS) is 11.2. The molecule has 0 aliphatic carbocycles. The van der Waals surface area contributed by atoms with Crippen molar-refractivity contribution >= 4 is 6.47 Å². The topological polar surface area (TPSA) is 26.3 Å². The number of allylic oxidation sites excluding steroid dienone is 2. The van der Waals surface area contributed by atoms with E-state index in [0.717, 1.165) is 6.42 Å². The lowest BCUT2D eigenvalue weighted by Crippen LogP contribution is -1.91. The van der Waals surface area contributed by atoms with Gasteiger partial charge in [-0.1, -0.05) is 103 Å². The molecule has 0 radical (unpaired) electrons. The molecule has 0 unspecified atom stereocenters. The SMILES string of the molecule is CCCCCCC=CCCCCCCCCCCCCCCOC=O. The predicted octanol–water partition coefficient (Wildman–Crippen LogP) is 7.76. The van der Waals surface area contributed by atoms with Crippen LogP contribution in [0.3, 0.4) is 0 Å². The van der Waals surface area contributed by atoms with Crippen LogP contribution in [0, 0.1) is 0 Å². The van der Waals surface area contributed by atoms with Crippen LogP contribution in [0.4, 0.5) is 0 Å². The van der Waals surface area contributed by atoms with Crippen LogP contribution in [0.25, 0.3) is 0 Å². The van der Waals surface area contributed by atoms with E-state index in [2.05, 4.69) is 23.8 Å². The Morgan fingerprint density at radius 2 is 0.960 bits per heavy atom.